The highest BCUT2D eigenvalue weighted by atomic mass is 16.2. The fourth-order valence-corrected chi connectivity index (χ4v) is 3.76. The summed E-state index contributed by atoms with van der Waals surface area (Å²) in [7, 11) is 0. The van der Waals surface area contributed by atoms with Crippen LogP contribution in [-0.2, 0) is 11.3 Å². The van der Waals surface area contributed by atoms with Crippen molar-refractivity contribution in [3.05, 3.63) is 30.4 Å². The van der Waals surface area contributed by atoms with Crippen LogP contribution in [0.15, 0.2) is 24.5 Å². The number of imidazole rings is 1. The molecule has 1 aliphatic carbocycles. The van der Waals surface area contributed by atoms with Gasteiger partial charge in [0.1, 0.15) is 5.82 Å². The first-order chi connectivity index (χ1) is 11.6. The van der Waals surface area contributed by atoms with E-state index in [0.717, 1.165) is 64.2 Å². The summed E-state index contributed by atoms with van der Waals surface area (Å²) in [6, 6.07) is 0.437. The molecule has 1 aliphatic heterocycles. The fourth-order valence-electron chi connectivity index (χ4n) is 3.76. The van der Waals surface area contributed by atoms with E-state index in [-0.39, 0.29) is 5.92 Å². The Labute approximate surface area is 145 Å². The predicted octanol–water partition coefficient (Wildman–Crippen LogP) is 2.85. The van der Waals surface area contributed by atoms with Crippen molar-refractivity contribution < 1.29 is 4.79 Å². The Morgan fingerprint density at radius 1 is 1.25 bits per heavy atom. The minimum absolute atomic E-state index is 0.210. The molecule has 0 radical (unpaired) electrons. The van der Waals surface area contributed by atoms with Gasteiger partial charge in [-0.2, -0.15) is 0 Å². The minimum Gasteiger partial charge on any atom is -0.341 e. The monoisotopic (exact) mass is 330 g/mol. The third-order valence-electron chi connectivity index (χ3n) is 5.19. The smallest absolute Gasteiger partial charge is 0.226 e. The van der Waals surface area contributed by atoms with Crippen molar-refractivity contribution in [2.24, 2.45) is 5.92 Å². The molecule has 1 aromatic rings. The molecule has 5 nitrogen and oxygen atoms in total. The van der Waals surface area contributed by atoms with Crippen molar-refractivity contribution in [2.75, 3.05) is 26.2 Å². The Morgan fingerprint density at radius 3 is 2.88 bits per heavy atom. The van der Waals surface area contributed by atoms with E-state index >= 15 is 0 Å². The summed E-state index contributed by atoms with van der Waals surface area (Å²) in [5, 5.41) is 0. The fraction of sp³-hybridized carbons (Fsp3) is 0.684. The van der Waals surface area contributed by atoms with E-state index in [0.29, 0.717) is 11.9 Å². The summed E-state index contributed by atoms with van der Waals surface area (Å²) in [6.07, 6.45) is 12.4. The molecule has 0 unspecified atom stereocenters. The number of carbonyl (C=O) groups is 1. The second-order valence-corrected chi connectivity index (χ2v) is 7.28. The molecule has 1 atom stereocenters. The lowest BCUT2D eigenvalue weighted by atomic mass is 9.93. The van der Waals surface area contributed by atoms with Gasteiger partial charge < -0.3 is 9.47 Å². The molecule has 2 aliphatic rings. The van der Waals surface area contributed by atoms with Gasteiger partial charge >= 0.3 is 0 Å². The van der Waals surface area contributed by atoms with Gasteiger partial charge in [0.15, 0.2) is 0 Å². The molecular formula is C19H30N4O. The van der Waals surface area contributed by atoms with Crippen molar-refractivity contribution in [3.8, 4) is 0 Å². The Balaban J connectivity index is 1.56. The average molecular weight is 330 g/mol. The topological polar surface area (TPSA) is 41.4 Å². The standard InChI is InChI=1S/C19H30N4O/c1-16(2)23-12-9-20-18(23)15-21-10-6-11-22(14-13-21)19(24)17-7-4-3-5-8-17/h3-4,9,12,16-17H,5-8,10-11,13-15H2,1-2H3/t17-/m1/s1. The molecule has 0 saturated carbocycles. The molecule has 24 heavy (non-hydrogen) atoms. The van der Waals surface area contributed by atoms with E-state index in [2.05, 4.69) is 51.5 Å². The van der Waals surface area contributed by atoms with Crippen LogP contribution in [0.4, 0.5) is 0 Å². The van der Waals surface area contributed by atoms with Crippen LogP contribution in [0.25, 0.3) is 0 Å². The van der Waals surface area contributed by atoms with Gasteiger partial charge in [-0.05, 0) is 39.5 Å². The maximum Gasteiger partial charge on any atom is 0.226 e. The third-order valence-corrected chi connectivity index (χ3v) is 5.19. The van der Waals surface area contributed by atoms with Gasteiger partial charge in [-0.25, -0.2) is 4.98 Å². The number of carbonyl (C=O) groups excluding carboxylic acids is 1. The van der Waals surface area contributed by atoms with Crippen LogP contribution in [0.1, 0.15) is 51.4 Å². The van der Waals surface area contributed by atoms with Gasteiger partial charge in [0.2, 0.25) is 5.91 Å². The number of nitrogens with zero attached hydrogens (tertiary/aromatic N) is 4. The van der Waals surface area contributed by atoms with Gasteiger partial charge in [0, 0.05) is 50.5 Å². The first kappa shape index (κ1) is 17.2. The third kappa shape index (κ3) is 4.07. The van der Waals surface area contributed by atoms with Gasteiger partial charge in [-0.15, -0.1) is 0 Å². The molecule has 1 amide bonds. The van der Waals surface area contributed by atoms with Gasteiger partial charge in [0.05, 0.1) is 6.54 Å². The van der Waals surface area contributed by atoms with Gasteiger partial charge in [0.25, 0.3) is 0 Å². The van der Waals surface area contributed by atoms with E-state index in [9.17, 15) is 4.79 Å². The van der Waals surface area contributed by atoms with Crippen molar-refractivity contribution in [2.45, 2.75) is 52.1 Å². The molecule has 3 rings (SSSR count). The summed E-state index contributed by atoms with van der Waals surface area (Å²) in [5.41, 5.74) is 0. The summed E-state index contributed by atoms with van der Waals surface area (Å²) in [5.74, 6) is 1.70. The lowest BCUT2D eigenvalue weighted by Crippen LogP contribution is -2.39. The Morgan fingerprint density at radius 2 is 2.12 bits per heavy atom. The normalized spacial score (nSPS) is 22.8. The van der Waals surface area contributed by atoms with E-state index < -0.39 is 0 Å². The van der Waals surface area contributed by atoms with Crippen molar-refractivity contribution in [3.63, 3.8) is 0 Å². The lowest BCUT2D eigenvalue weighted by Gasteiger charge is -2.27. The highest BCUT2D eigenvalue weighted by Crippen LogP contribution is 2.21. The summed E-state index contributed by atoms with van der Waals surface area (Å²) in [4.78, 5) is 21.8. The Kier molecular flexibility index (Phi) is 5.72. The van der Waals surface area contributed by atoms with E-state index in [1.165, 1.54) is 0 Å². The highest BCUT2D eigenvalue weighted by molar-refractivity contribution is 5.79. The van der Waals surface area contributed by atoms with Gasteiger partial charge in [-0.1, -0.05) is 12.2 Å². The number of hydrogen-bond acceptors (Lipinski definition) is 3. The molecule has 1 fully saturated rings. The molecule has 0 bridgehead atoms. The van der Waals surface area contributed by atoms with Crippen molar-refractivity contribution in [1.82, 2.24) is 19.4 Å². The van der Waals surface area contributed by atoms with Crippen LogP contribution >= 0.6 is 0 Å². The summed E-state index contributed by atoms with van der Waals surface area (Å²) >= 11 is 0. The quantitative estimate of drug-likeness (QED) is 0.797. The van der Waals surface area contributed by atoms with Crippen LogP contribution in [0.3, 0.4) is 0 Å². The van der Waals surface area contributed by atoms with Crippen LogP contribution in [0, 0.1) is 5.92 Å². The summed E-state index contributed by atoms with van der Waals surface area (Å²) in [6.45, 7) is 8.98. The zero-order chi connectivity index (χ0) is 16.9. The zero-order valence-electron chi connectivity index (χ0n) is 15.0. The molecule has 1 saturated heterocycles. The van der Waals surface area contributed by atoms with Crippen LogP contribution in [-0.4, -0.2) is 51.4 Å². The SMILES string of the molecule is CC(C)n1ccnc1CN1CCCN(C(=O)[C@@H]2CC=CCC2)CC1. The Bertz CT molecular complexity index is 578. The molecular weight excluding hydrogens is 300 g/mol. The number of rotatable bonds is 4. The predicted molar refractivity (Wildman–Crippen MR) is 95.6 cm³/mol. The highest BCUT2D eigenvalue weighted by Gasteiger charge is 2.26. The number of hydrogen-bond donors (Lipinski definition) is 0. The number of amides is 1. The molecule has 5 heteroatoms. The summed E-state index contributed by atoms with van der Waals surface area (Å²) < 4.78 is 2.24. The molecule has 0 N–H and O–H groups in total. The first-order valence-electron chi connectivity index (χ1n) is 9.33. The average Bonchev–Trinajstić information content (AvgIpc) is 2.93. The van der Waals surface area contributed by atoms with E-state index in [1.54, 1.807) is 0 Å². The van der Waals surface area contributed by atoms with Crippen molar-refractivity contribution >= 4 is 5.91 Å². The molecule has 2 heterocycles. The number of allylic oxidation sites excluding steroid dienone is 2. The van der Waals surface area contributed by atoms with Crippen LogP contribution in [0.2, 0.25) is 0 Å². The Hall–Kier alpha value is -1.62. The molecule has 0 aromatic carbocycles. The van der Waals surface area contributed by atoms with Crippen LogP contribution < -0.4 is 0 Å². The molecule has 132 valence electrons. The second-order valence-electron chi connectivity index (χ2n) is 7.28. The van der Waals surface area contributed by atoms with E-state index in [1.807, 2.05) is 6.20 Å². The molecule has 1 aromatic heterocycles. The van der Waals surface area contributed by atoms with Gasteiger partial charge in [-0.3, -0.25) is 9.69 Å². The zero-order valence-corrected chi connectivity index (χ0v) is 15.0. The van der Waals surface area contributed by atoms with Crippen LogP contribution in [0.5, 0.6) is 0 Å². The maximum atomic E-state index is 12.7. The lowest BCUT2D eigenvalue weighted by molar-refractivity contribution is -0.135. The second kappa shape index (κ2) is 7.97. The molecule has 0 spiro atoms. The van der Waals surface area contributed by atoms with Crippen molar-refractivity contribution in [1.29, 1.82) is 0 Å². The van der Waals surface area contributed by atoms with E-state index in [4.69, 9.17) is 0 Å². The maximum absolute atomic E-state index is 12.7. The first-order valence-corrected chi connectivity index (χ1v) is 9.33. The minimum atomic E-state index is 0.210. The largest absolute Gasteiger partial charge is 0.341 e. The number of aromatic nitrogens is 2.